The molecule has 0 bridgehead atoms. The Balaban J connectivity index is 2.92. The molecule has 0 radical (unpaired) electrons. The Morgan fingerprint density at radius 3 is 2.25 bits per heavy atom. The summed E-state index contributed by atoms with van der Waals surface area (Å²) in [6.07, 6.45) is -0.811. The molecule has 88 valence electrons. The Morgan fingerprint density at radius 2 is 1.81 bits per heavy atom. The van der Waals surface area contributed by atoms with Crippen LogP contribution in [-0.4, -0.2) is 18.2 Å². The normalized spacial score (nSPS) is 14.6. The van der Waals surface area contributed by atoms with Crippen LogP contribution in [0.1, 0.15) is 25.5 Å². The minimum Gasteiger partial charge on any atom is -0.469 e. The third kappa shape index (κ3) is 2.83. The van der Waals surface area contributed by atoms with E-state index < -0.39 is 12.0 Å². The van der Waals surface area contributed by atoms with Crippen molar-refractivity contribution in [2.24, 2.45) is 11.8 Å². The van der Waals surface area contributed by atoms with Gasteiger partial charge in [0, 0.05) is 0 Å². The summed E-state index contributed by atoms with van der Waals surface area (Å²) in [6, 6.07) is 9.17. The minimum absolute atomic E-state index is 0.0302. The zero-order valence-electron chi connectivity index (χ0n) is 9.88. The van der Waals surface area contributed by atoms with E-state index in [0.717, 1.165) is 5.56 Å². The molecular formula is C13H18O3. The average molecular weight is 222 g/mol. The maximum absolute atomic E-state index is 11.6. The maximum Gasteiger partial charge on any atom is 0.311 e. The highest BCUT2D eigenvalue weighted by Crippen LogP contribution is 2.28. The number of carbonyl (C=O) groups is 1. The largest absolute Gasteiger partial charge is 0.469 e. The van der Waals surface area contributed by atoms with E-state index in [0.29, 0.717) is 0 Å². The first-order valence-corrected chi connectivity index (χ1v) is 5.38. The molecular weight excluding hydrogens is 204 g/mol. The van der Waals surface area contributed by atoms with Crippen LogP contribution in [-0.2, 0) is 9.53 Å². The SMILES string of the molecule is COC(=O)C(C(C)C)C(O)c1ccccc1. The number of hydrogen-bond donors (Lipinski definition) is 1. The smallest absolute Gasteiger partial charge is 0.311 e. The van der Waals surface area contributed by atoms with Crippen LogP contribution in [0.2, 0.25) is 0 Å². The summed E-state index contributed by atoms with van der Waals surface area (Å²) >= 11 is 0. The van der Waals surface area contributed by atoms with Gasteiger partial charge in [-0.25, -0.2) is 0 Å². The third-order valence-corrected chi connectivity index (χ3v) is 2.67. The topological polar surface area (TPSA) is 46.5 Å². The van der Waals surface area contributed by atoms with Crippen molar-refractivity contribution >= 4 is 5.97 Å². The summed E-state index contributed by atoms with van der Waals surface area (Å²) in [5.41, 5.74) is 0.742. The number of aliphatic hydroxyl groups is 1. The minimum atomic E-state index is -0.811. The number of ether oxygens (including phenoxy) is 1. The van der Waals surface area contributed by atoms with Crippen molar-refractivity contribution in [3.63, 3.8) is 0 Å². The summed E-state index contributed by atoms with van der Waals surface area (Å²) in [6.45, 7) is 3.79. The number of benzene rings is 1. The van der Waals surface area contributed by atoms with Gasteiger partial charge in [0.15, 0.2) is 0 Å². The number of hydrogen-bond acceptors (Lipinski definition) is 3. The fourth-order valence-electron chi connectivity index (χ4n) is 1.76. The first-order chi connectivity index (χ1) is 7.57. The lowest BCUT2D eigenvalue weighted by Crippen LogP contribution is -2.28. The van der Waals surface area contributed by atoms with E-state index >= 15 is 0 Å². The highest BCUT2D eigenvalue weighted by molar-refractivity contribution is 5.73. The van der Waals surface area contributed by atoms with E-state index in [1.165, 1.54) is 7.11 Å². The van der Waals surface area contributed by atoms with Crippen molar-refractivity contribution in [2.45, 2.75) is 20.0 Å². The van der Waals surface area contributed by atoms with E-state index in [-0.39, 0.29) is 11.9 Å². The van der Waals surface area contributed by atoms with Crippen LogP contribution < -0.4 is 0 Å². The van der Waals surface area contributed by atoms with Crippen molar-refractivity contribution in [1.82, 2.24) is 0 Å². The fraction of sp³-hybridized carbons (Fsp3) is 0.462. The number of rotatable bonds is 4. The van der Waals surface area contributed by atoms with Crippen molar-refractivity contribution in [2.75, 3.05) is 7.11 Å². The van der Waals surface area contributed by atoms with Gasteiger partial charge in [-0.15, -0.1) is 0 Å². The van der Waals surface area contributed by atoms with E-state index in [1.54, 1.807) is 0 Å². The molecule has 0 saturated carbocycles. The summed E-state index contributed by atoms with van der Waals surface area (Å²) in [7, 11) is 1.34. The molecule has 16 heavy (non-hydrogen) atoms. The van der Waals surface area contributed by atoms with Gasteiger partial charge in [0.1, 0.15) is 0 Å². The van der Waals surface area contributed by atoms with Crippen LogP contribution in [0, 0.1) is 11.8 Å². The zero-order chi connectivity index (χ0) is 12.1. The predicted molar refractivity (Wildman–Crippen MR) is 61.7 cm³/mol. The Kier molecular flexibility index (Phi) is 4.50. The summed E-state index contributed by atoms with van der Waals surface area (Å²) in [4.78, 5) is 11.6. The fourth-order valence-corrected chi connectivity index (χ4v) is 1.76. The lowest BCUT2D eigenvalue weighted by atomic mass is 9.86. The molecule has 0 aliphatic carbocycles. The molecule has 1 aromatic rings. The van der Waals surface area contributed by atoms with E-state index in [2.05, 4.69) is 0 Å². The molecule has 0 heterocycles. The molecule has 2 atom stereocenters. The van der Waals surface area contributed by atoms with E-state index in [9.17, 15) is 9.90 Å². The molecule has 2 unspecified atom stereocenters. The molecule has 1 aromatic carbocycles. The van der Waals surface area contributed by atoms with E-state index in [1.807, 2.05) is 44.2 Å². The molecule has 0 saturated heterocycles. The zero-order valence-corrected chi connectivity index (χ0v) is 9.88. The predicted octanol–water partition coefficient (Wildman–Crippen LogP) is 2.17. The summed E-state index contributed by atoms with van der Waals surface area (Å²) < 4.78 is 4.72. The summed E-state index contributed by atoms with van der Waals surface area (Å²) in [5, 5.41) is 10.2. The van der Waals surface area contributed by atoms with E-state index in [4.69, 9.17) is 4.74 Å². The van der Waals surface area contributed by atoms with Gasteiger partial charge in [0.2, 0.25) is 0 Å². The van der Waals surface area contributed by atoms with Crippen LogP contribution >= 0.6 is 0 Å². The van der Waals surface area contributed by atoms with Gasteiger partial charge in [0.25, 0.3) is 0 Å². The lowest BCUT2D eigenvalue weighted by Gasteiger charge is -2.24. The van der Waals surface area contributed by atoms with Crippen LogP contribution in [0.5, 0.6) is 0 Å². The van der Waals surface area contributed by atoms with Crippen LogP contribution in [0.25, 0.3) is 0 Å². The average Bonchev–Trinajstić information content (AvgIpc) is 2.29. The Morgan fingerprint density at radius 1 is 1.25 bits per heavy atom. The van der Waals surface area contributed by atoms with Gasteiger partial charge in [-0.3, -0.25) is 4.79 Å². The molecule has 1 N–H and O–H groups in total. The van der Waals surface area contributed by atoms with Crippen LogP contribution in [0.4, 0.5) is 0 Å². The second-order valence-corrected chi connectivity index (χ2v) is 4.15. The Labute approximate surface area is 96.1 Å². The monoisotopic (exact) mass is 222 g/mol. The highest BCUT2D eigenvalue weighted by Gasteiger charge is 2.31. The van der Waals surface area contributed by atoms with Crippen LogP contribution in [0.3, 0.4) is 0 Å². The number of methoxy groups -OCH3 is 1. The maximum atomic E-state index is 11.6. The summed E-state index contributed by atoms with van der Waals surface area (Å²) in [5.74, 6) is -0.860. The first kappa shape index (κ1) is 12.7. The standard InChI is InChI=1S/C13H18O3/c1-9(2)11(13(15)16-3)12(14)10-7-5-4-6-8-10/h4-9,11-12,14H,1-3H3. The number of aliphatic hydroxyl groups excluding tert-OH is 1. The number of carbonyl (C=O) groups excluding carboxylic acids is 1. The van der Waals surface area contributed by atoms with Gasteiger partial charge in [-0.2, -0.15) is 0 Å². The lowest BCUT2D eigenvalue weighted by molar-refractivity contribution is -0.152. The molecule has 0 aliphatic heterocycles. The van der Waals surface area contributed by atoms with Crippen molar-refractivity contribution in [1.29, 1.82) is 0 Å². The highest BCUT2D eigenvalue weighted by atomic mass is 16.5. The molecule has 0 fully saturated rings. The van der Waals surface area contributed by atoms with Gasteiger partial charge in [-0.05, 0) is 11.5 Å². The molecule has 3 nitrogen and oxygen atoms in total. The van der Waals surface area contributed by atoms with Gasteiger partial charge in [-0.1, -0.05) is 44.2 Å². The van der Waals surface area contributed by atoms with Gasteiger partial charge >= 0.3 is 5.97 Å². The Hall–Kier alpha value is -1.35. The van der Waals surface area contributed by atoms with Gasteiger partial charge in [0.05, 0.1) is 19.1 Å². The molecule has 1 rings (SSSR count). The van der Waals surface area contributed by atoms with Crippen LogP contribution in [0.15, 0.2) is 30.3 Å². The third-order valence-electron chi connectivity index (χ3n) is 2.67. The first-order valence-electron chi connectivity index (χ1n) is 5.38. The van der Waals surface area contributed by atoms with Crippen molar-refractivity contribution < 1.29 is 14.6 Å². The van der Waals surface area contributed by atoms with Crippen molar-refractivity contribution in [3.8, 4) is 0 Å². The second-order valence-electron chi connectivity index (χ2n) is 4.15. The molecule has 0 spiro atoms. The van der Waals surface area contributed by atoms with Gasteiger partial charge < -0.3 is 9.84 Å². The second kappa shape index (κ2) is 5.66. The van der Waals surface area contributed by atoms with Crippen molar-refractivity contribution in [3.05, 3.63) is 35.9 Å². The molecule has 0 amide bonds. The quantitative estimate of drug-likeness (QED) is 0.794. The molecule has 0 aliphatic rings. The Bertz CT molecular complexity index is 332. The molecule has 0 aromatic heterocycles. The number of esters is 1. The molecule has 3 heteroatoms.